The van der Waals surface area contributed by atoms with Crippen molar-refractivity contribution >= 4 is 5.78 Å². The summed E-state index contributed by atoms with van der Waals surface area (Å²) in [5.41, 5.74) is 0.700. The highest BCUT2D eigenvalue weighted by Gasteiger charge is 2.18. The maximum atomic E-state index is 13.5. The maximum absolute atomic E-state index is 13.5. The molecule has 0 spiro atoms. The molecule has 0 amide bonds. The van der Waals surface area contributed by atoms with Crippen molar-refractivity contribution in [1.29, 1.82) is 0 Å². The minimum atomic E-state index is -0.815. The summed E-state index contributed by atoms with van der Waals surface area (Å²) in [6.45, 7) is 0.167. The van der Waals surface area contributed by atoms with E-state index in [1.807, 2.05) is 0 Å². The molecule has 1 aliphatic rings. The third kappa shape index (κ3) is 2.94. The predicted molar refractivity (Wildman–Crippen MR) is 77.5 cm³/mol. The standard InChI is InChI=1S/C17H15FO4/c18-13-4-2-1-3-12(13)15(20)7-6-14(19)11-5-8-16-17(9-11)22-10-21-16/h1-5,8-9,14,19H,6-7,10H2. The van der Waals surface area contributed by atoms with Crippen LogP contribution in [0.2, 0.25) is 0 Å². The first-order valence-electron chi connectivity index (χ1n) is 7.00. The van der Waals surface area contributed by atoms with E-state index in [4.69, 9.17) is 9.47 Å². The average molecular weight is 302 g/mol. The van der Waals surface area contributed by atoms with E-state index in [0.29, 0.717) is 17.1 Å². The Bertz CT molecular complexity index is 699. The van der Waals surface area contributed by atoms with Crippen LogP contribution in [0.3, 0.4) is 0 Å². The van der Waals surface area contributed by atoms with Crippen molar-refractivity contribution in [2.75, 3.05) is 6.79 Å². The van der Waals surface area contributed by atoms with Crippen molar-refractivity contribution in [2.24, 2.45) is 0 Å². The minimum Gasteiger partial charge on any atom is -0.454 e. The van der Waals surface area contributed by atoms with Crippen molar-refractivity contribution in [1.82, 2.24) is 0 Å². The van der Waals surface area contributed by atoms with Gasteiger partial charge >= 0.3 is 0 Å². The lowest BCUT2D eigenvalue weighted by atomic mass is 10.00. The van der Waals surface area contributed by atoms with Gasteiger partial charge in [0.15, 0.2) is 17.3 Å². The Labute approximate surface area is 127 Å². The van der Waals surface area contributed by atoms with Gasteiger partial charge in [-0.05, 0) is 36.2 Å². The molecule has 1 aliphatic heterocycles. The molecule has 0 saturated heterocycles. The zero-order valence-electron chi connectivity index (χ0n) is 11.8. The Morgan fingerprint density at radius 3 is 2.77 bits per heavy atom. The largest absolute Gasteiger partial charge is 0.454 e. The number of benzene rings is 2. The zero-order chi connectivity index (χ0) is 15.5. The number of Topliss-reactive ketones (excluding diaryl/α,β-unsaturated/α-hetero) is 1. The molecule has 0 saturated carbocycles. The monoisotopic (exact) mass is 302 g/mol. The molecule has 0 bridgehead atoms. The molecular formula is C17H15FO4. The van der Waals surface area contributed by atoms with Gasteiger partial charge in [-0.3, -0.25) is 4.79 Å². The van der Waals surface area contributed by atoms with Crippen molar-refractivity contribution in [3.8, 4) is 11.5 Å². The Hall–Kier alpha value is -2.40. The number of ketones is 1. The lowest BCUT2D eigenvalue weighted by Crippen LogP contribution is -2.06. The van der Waals surface area contributed by atoms with Gasteiger partial charge in [-0.2, -0.15) is 0 Å². The van der Waals surface area contributed by atoms with Gasteiger partial charge in [0.2, 0.25) is 6.79 Å². The Morgan fingerprint density at radius 1 is 1.18 bits per heavy atom. The van der Waals surface area contributed by atoms with Crippen molar-refractivity contribution in [2.45, 2.75) is 18.9 Å². The first kappa shape index (κ1) is 14.5. The van der Waals surface area contributed by atoms with Gasteiger partial charge in [0.05, 0.1) is 11.7 Å². The average Bonchev–Trinajstić information content (AvgIpc) is 3.00. The van der Waals surface area contributed by atoms with Gasteiger partial charge in [0, 0.05) is 6.42 Å². The summed E-state index contributed by atoms with van der Waals surface area (Å²) in [5, 5.41) is 10.2. The van der Waals surface area contributed by atoms with E-state index in [2.05, 4.69) is 0 Å². The van der Waals surface area contributed by atoms with Crippen LogP contribution in [0.15, 0.2) is 42.5 Å². The van der Waals surface area contributed by atoms with Crippen LogP contribution in [0.25, 0.3) is 0 Å². The molecule has 1 N–H and O–H groups in total. The summed E-state index contributed by atoms with van der Waals surface area (Å²) in [6, 6.07) is 11.0. The highest BCUT2D eigenvalue weighted by molar-refractivity contribution is 5.96. The van der Waals surface area contributed by atoms with Gasteiger partial charge in [-0.1, -0.05) is 18.2 Å². The molecule has 2 aromatic rings. The molecule has 0 radical (unpaired) electrons. The van der Waals surface area contributed by atoms with Gasteiger partial charge < -0.3 is 14.6 Å². The lowest BCUT2D eigenvalue weighted by molar-refractivity contribution is 0.0936. The number of fused-ring (bicyclic) bond motifs is 1. The van der Waals surface area contributed by atoms with Crippen LogP contribution < -0.4 is 9.47 Å². The van der Waals surface area contributed by atoms with Gasteiger partial charge in [-0.25, -0.2) is 4.39 Å². The van der Waals surface area contributed by atoms with E-state index >= 15 is 0 Å². The predicted octanol–water partition coefficient (Wildman–Crippen LogP) is 3.25. The third-order valence-electron chi connectivity index (χ3n) is 3.60. The quantitative estimate of drug-likeness (QED) is 0.861. The summed E-state index contributed by atoms with van der Waals surface area (Å²) >= 11 is 0. The van der Waals surface area contributed by atoms with Gasteiger partial charge in [-0.15, -0.1) is 0 Å². The highest BCUT2D eigenvalue weighted by atomic mass is 19.1. The molecule has 3 rings (SSSR count). The van der Waals surface area contributed by atoms with E-state index in [1.165, 1.54) is 18.2 Å². The fourth-order valence-electron chi connectivity index (χ4n) is 2.38. The molecule has 4 nitrogen and oxygen atoms in total. The van der Waals surface area contributed by atoms with E-state index < -0.39 is 11.9 Å². The smallest absolute Gasteiger partial charge is 0.231 e. The molecule has 0 aromatic heterocycles. The normalized spacial score (nSPS) is 13.9. The van der Waals surface area contributed by atoms with E-state index in [1.54, 1.807) is 24.3 Å². The first-order chi connectivity index (χ1) is 10.6. The third-order valence-corrected chi connectivity index (χ3v) is 3.60. The minimum absolute atomic E-state index is 0.0559. The number of hydrogen-bond donors (Lipinski definition) is 1. The number of aliphatic hydroxyl groups is 1. The molecule has 114 valence electrons. The summed E-state index contributed by atoms with van der Waals surface area (Å²) in [6.07, 6.45) is -0.534. The van der Waals surface area contributed by atoms with E-state index in [-0.39, 0.29) is 31.0 Å². The van der Waals surface area contributed by atoms with Crippen molar-refractivity contribution in [3.63, 3.8) is 0 Å². The van der Waals surface area contributed by atoms with Crippen LogP contribution in [-0.2, 0) is 0 Å². The lowest BCUT2D eigenvalue weighted by Gasteiger charge is -2.11. The first-order valence-corrected chi connectivity index (χ1v) is 7.00. The fourth-order valence-corrected chi connectivity index (χ4v) is 2.38. The topological polar surface area (TPSA) is 55.8 Å². The second-order valence-electron chi connectivity index (χ2n) is 5.07. The Morgan fingerprint density at radius 2 is 1.95 bits per heavy atom. The summed E-state index contributed by atoms with van der Waals surface area (Å²) in [5.74, 6) is 0.360. The maximum Gasteiger partial charge on any atom is 0.231 e. The van der Waals surface area contributed by atoms with Crippen LogP contribution >= 0.6 is 0 Å². The van der Waals surface area contributed by atoms with Gasteiger partial charge in [0.25, 0.3) is 0 Å². The second-order valence-corrected chi connectivity index (χ2v) is 5.07. The van der Waals surface area contributed by atoms with Crippen LogP contribution in [0.5, 0.6) is 11.5 Å². The summed E-state index contributed by atoms with van der Waals surface area (Å²) in [4.78, 5) is 12.0. The van der Waals surface area contributed by atoms with Crippen molar-refractivity contribution < 1.29 is 23.8 Å². The number of ether oxygens (including phenoxy) is 2. The number of carbonyl (C=O) groups is 1. The van der Waals surface area contributed by atoms with E-state index in [9.17, 15) is 14.3 Å². The molecule has 1 atom stereocenters. The molecule has 1 heterocycles. The summed E-state index contributed by atoms with van der Waals surface area (Å²) in [7, 11) is 0. The molecule has 5 heteroatoms. The number of hydrogen-bond acceptors (Lipinski definition) is 4. The van der Waals surface area contributed by atoms with E-state index in [0.717, 1.165) is 0 Å². The molecule has 22 heavy (non-hydrogen) atoms. The van der Waals surface area contributed by atoms with Crippen LogP contribution in [0.1, 0.15) is 34.9 Å². The molecular weight excluding hydrogens is 287 g/mol. The number of carbonyl (C=O) groups excluding carboxylic acids is 1. The Kier molecular flexibility index (Phi) is 4.06. The number of aliphatic hydroxyl groups excluding tert-OH is 1. The zero-order valence-corrected chi connectivity index (χ0v) is 11.8. The van der Waals surface area contributed by atoms with Crippen LogP contribution in [0.4, 0.5) is 4.39 Å². The molecule has 1 unspecified atom stereocenters. The summed E-state index contributed by atoms with van der Waals surface area (Å²) < 4.78 is 24.0. The number of halogens is 1. The van der Waals surface area contributed by atoms with Crippen LogP contribution in [-0.4, -0.2) is 17.7 Å². The Balaban J connectivity index is 1.64. The second kappa shape index (κ2) is 6.15. The number of rotatable bonds is 5. The molecule has 0 aliphatic carbocycles. The highest BCUT2D eigenvalue weighted by Crippen LogP contribution is 2.35. The molecule has 0 fully saturated rings. The van der Waals surface area contributed by atoms with Gasteiger partial charge in [0.1, 0.15) is 5.82 Å². The van der Waals surface area contributed by atoms with Crippen molar-refractivity contribution in [3.05, 3.63) is 59.4 Å². The molecule has 2 aromatic carbocycles. The fraction of sp³-hybridized carbons (Fsp3) is 0.235. The SMILES string of the molecule is O=C(CCC(O)c1ccc2c(c1)OCO2)c1ccccc1F. The van der Waals surface area contributed by atoms with Crippen LogP contribution in [0, 0.1) is 5.82 Å².